The highest BCUT2D eigenvalue weighted by molar-refractivity contribution is 7.98. The summed E-state index contributed by atoms with van der Waals surface area (Å²) >= 11 is 1.33. The summed E-state index contributed by atoms with van der Waals surface area (Å²) in [4.78, 5) is 4.37. The Morgan fingerprint density at radius 2 is 1.88 bits per heavy atom. The van der Waals surface area contributed by atoms with Crippen LogP contribution < -0.4 is 4.74 Å². The summed E-state index contributed by atoms with van der Waals surface area (Å²) in [7, 11) is -3.60. The van der Waals surface area contributed by atoms with E-state index in [1.54, 1.807) is 18.2 Å². The predicted molar refractivity (Wildman–Crippen MR) is 109 cm³/mol. The third-order valence-corrected chi connectivity index (χ3v) is 7.33. The highest BCUT2D eigenvalue weighted by atomic mass is 32.2. The van der Waals surface area contributed by atoms with E-state index in [4.69, 9.17) is 4.74 Å². The Balaban J connectivity index is 1.41. The molecule has 0 spiro atoms. The normalized spacial score (nSPS) is 15.2. The molecule has 3 aromatic rings. The topological polar surface area (TPSA) is 112 Å². The molecule has 14 heteroatoms. The molecule has 1 aliphatic rings. The van der Waals surface area contributed by atoms with Crippen LogP contribution in [-0.4, -0.2) is 70.8 Å². The van der Waals surface area contributed by atoms with Gasteiger partial charge in [0.15, 0.2) is 5.82 Å². The zero-order valence-electron chi connectivity index (χ0n) is 16.5. The number of rotatable bonds is 8. The lowest BCUT2D eigenvalue weighted by atomic mass is 10.3. The van der Waals surface area contributed by atoms with Crippen molar-refractivity contribution in [2.24, 2.45) is 0 Å². The van der Waals surface area contributed by atoms with Crippen LogP contribution in [0.25, 0.3) is 5.69 Å². The van der Waals surface area contributed by atoms with Crippen molar-refractivity contribution in [2.75, 3.05) is 26.3 Å². The van der Waals surface area contributed by atoms with Gasteiger partial charge in [0.25, 0.3) is 0 Å². The number of ether oxygens (including phenoxy) is 2. The number of morpholine rings is 1. The maximum atomic E-state index is 12.7. The lowest BCUT2D eigenvalue weighted by Gasteiger charge is -2.25. The molecule has 1 aromatic carbocycles. The van der Waals surface area contributed by atoms with Crippen molar-refractivity contribution in [1.82, 2.24) is 29.5 Å². The maximum absolute atomic E-state index is 12.7. The van der Waals surface area contributed by atoms with Gasteiger partial charge in [-0.05, 0) is 46.8 Å². The second-order valence-corrected chi connectivity index (χ2v) is 9.45. The van der Waals surface area contributed by atoms with Gasteiger partial charge in [0.2, 0.25) is 10.0 Å². The Morgan fingerprint density at radius 1 is 1.12 bits per heavy atom. The van der Waals surface area contributed by atoms with Gasteiger partial charge >= 0.3 is 6.61 Å². The number of thioether (sulfide) groups is 1. The first-order valence-electron chi connectivity index (χ1n) is 9.43. The molecule has 0 atom stereocenters. The summed E-state index contributed by atoms with van der Waals surface area (Å²) in [5.41, 5.74) is 0.576. The van der Waals surface area contributed by atoms with E-state index in [9.17, 15) is 17.2 Å². The van der Waals surface area contributed by atoms with E-state index >= 15 is 0 Å². The van der Waals surface area contributed by atoms with E-state index in [1.165, 1.54) is 45.1 Å². The number of hydrogen-bond acceptors (Lipinski definition) is 9. The molecule has 1 saturated heterocycles. The highest BCUT2D eigenvalue weighted by Crippen LogP contribution is 2.24. The van der Waals surface area contributed by atoms with E-state index in [0.717, 1.165) is 0 Å². The fourth-order valence-corrected chi connectivity index (χ4v) is 5.05. The zero-order valence-corrected chi connectivity index (χ0v) is 18.2. The molecule has 1 fully saturated rings. The van der Waals surface area contributed by atoms with Gasteiger partial charge in [-0.3, -0.25) is 0 Å². The minimum atomic E-state index is -3.60. The average Bonchev–Trinajstić information content (AvgIpc) is 3.27. The average molecular weight is 485 g/mol. The Bertz CT molecular complexity index is 1140. The highest BCUT2D eigenvalue weighted by Gasteiger charge is 2.26. The molecular formula is C18H18F2N6O4S2. The van der Waals surface area contributed by atoms with Crippen LogP contribution in [0.5, 0.6) is 5.75 Å². The van der Waals surface area contributed by atoms with Gasteiger partial charge in [0.05, 0.1) is 29.7 Å². The van der Waals surface area contributed by atoms with Gasteiger partial charge in [-0.25, -0.2) is 13.4 Å². The van der Waals surface area contributed by atoms with E-state index < -0.39 is 16.6 Å². The van der Waals surface area contributed by atoms with Crippen molar-refractivity contribution in [1.29, 1.82) is 0 Å². The maximum Gasteiger partial charge on any atom is 0.387 e. The largest absolute Gasteiger partial charge is 0.435 e. The SMILES string of the molecule is O=S(=O)(c1ccc(SCc2nnnn2-c2ccc(OC(F)F)cc2)nc1)N1CCOCC1. The molecule has 2 aromatic heterocycles. The van der Waals surface area contributed by atoms with Crippen LogP contribution in [0.1, 0.15) is 5.82 Å². The molecule has 0 amide bonds. The van der Waals surface area contributed by atoms with Gasteiger partial charge < -0.3 is 9.47 Å². The first-order valence-corrected chi connectivity index (χ1v) is 11.9. The van der Waals surface area contributed by atoms with Crippen LogP contribution in [0.3, 0.4) is 0 Å². The lowest BCUT2D eigenvalue weighted by molar-refractivity contribution is -0.0498. The summed E-state index contributed by atoms with van der Waals surface area (Å²) < 4.78 is 62.3. The van der Waals surface area contributed by atoms with Crippen molar-refractivity contribution in [2.45, 2.75) is 22.3 Å². The standard InChI is InChI=1S/C18H18F2N6O4S2/c19-18(20)30-14-3-1-13(2-4-14)26-16(22-23-24-26)12-31-17-6-5-15(11-21-17)32(27,28)25-7-9-29-10-8-25/h1-6,11,18H,7-10,12H2. The fraction of sp³-hybridized carbons (Fsp3) is 0.333. The van der Waals surface area contributed by atoms with Crippen molar-refractivity contribution >= 4 is 21.8 Å². The molecule has 170 valence electrons. The van der Waals surface area contributed by atoms with Crippen LogP contribution in [0, 0.1) is 0 Å². The van der Waals surface area contributed by atoms with Gasteiger partial charge in [0.1, 0.15) is 10.6 Å². The third-order valence-electron chi connectivity index (χ3n) is 4.51. The number of halogens is 2. The van der Waals surface area contributed by atoms with Gasteiger partial charge in [-0.15, -0.1) is 5.10 Å². The molecule has 32 heavy (non-hydrogen) atoms. The summed E-state index contributed by atoms with van der Waals surface area (Å²) in [6, 6.07) is 9.07. The molecule has 0 saturated carbocycles. The molecule has 0 bridgehead atoms. The minimum absolute atomic E-state index is 0.0315. The number of pyridine rings is 1. The first-order chi connectivity index (χ1) is 15.4. The second-order valence-electron chi connectivity index (χ2n) is 6.52. The fourth-order valence-electron chi connectivity index (χ4n) is 2.94. The quantitative estimate of drug-likeness (QED) is 0.443. The molecule has 3 heterocycles. The molecule has 0 aliphatic carbocycles. The minimum Gasteiger partial charge on any atom is -0.435 e. The van der Waals surface area contributed by atoms with E-state index in [-0.39, 0.29) is 10.6 Å². The van der Waals surface area contributed by atoms with E-state index in [2.05, 4.69) is 25.2 Å². The van der Waals surface area contributed by atoms with Crippen LogP contribution in [0.15, 0.2) is 52.5 Å². The van der Waals surface area contributed by atoms with Crippen LogP contribution in [0.2, 0.25) is 0 Å². The zero-order chi connectivity index (χ0) is 22.6. The molecule has 1 aliphatic heterocycles. The first kappa shape index (κ1) is 22.5. The molecule has 0 unspecified atom stereocenters. The molecule has 10 nitrogen and oxygen atoms in total. The number of benzene rings is 1. The summed E-state index contributed by atoms with van der Waals surface area (Å²) in [6.07, 6.45) is 1.33. The summed E-state index contributed by atoms with van der Waals surface area (Å²) in [6.45, 7) is -1.52. The molecular weight excluding hydrogens is 466 g/mol. The molecule has 4 rings (SSSR count). The van der Waals surface area contributed by atoms with Crippen molar-refractivity contribution in [3.05, 3.63) is 48.4 Å². The summed E-state index contributed by atoms with van der Waals surface area (Å²) in [5.74, 6) is 0.888. The Kier molecular flexibility index (Phi) is 6.93. The summed E-state index contributed by atoms with van der Waals surface area (Å²) in [5, 5.41) is 12.2. The number of sulfonamides is 1. The van der Waals surface area contributed by atoms with Gasteiger partial charge in [-0.2, -0.15) is 17.8 Å². The van der Waals surface area contributed by atoms with E-state index in [1.807, 2.05) is 0 Å². The monoisotopic (exact) mass is 484 g/mol. The van der Waals surface area contributed by atoms with Crippen molar-refractivity contribution in [3.8, 4) is 11.4 Å². The van der Waals surface area contributed by atoms with Gasteiger partial charge in [0, 0.05) is 19.3 Å². The number of hydrogen-bond donors (Lipinski definition) is 0. The number of nitrogens with zero attached hydrogens (tertiary/aromatic N) is 6. The van der Waals surface area contributed by atoms with Crippen LogP contribution >= 0.6 is 11.8 Å². The molecule has 0 N–H and O–H groups in total. The van der Waals surface area contributed by atoms with Crippen LogP contribution in [0.4, 0.5) is 8.78 Å². The Hall–Kier alpha value is -2.68. The number of alkyl halides is 2. The van der Waals surface area contributed by atoms with Crippen molar-refractivity contribution in [3.63, 3.8) is 0 Å². The van der Waals surface area contributed by atoms with Crippen molar-refractivity contribution < 1.29 is 26.7 Å². The third kappa shape index (κ3) is 5.20. The lowest BCUT2D eigenvalue weighted by Crippen LogP contribution is -2.40. The number of aromatic nitrogens is 5. The van der Waals surface area contributed by atoms with Crippen LogP contribution in [-0.2, 0) is 20.5 Å². The van der Waals surface area contributed by atoms with E-state index in [0.29, 0.717) is 48.6 Å². The predicted octanol–water partition coefficient (Wildman–Crippen LogP) is 1.97. The van der Waals surface area contributed by atoms with Gasteiger partial charge in [-0.1, -0.05) is 11.8 Å². The smallest absolute Gasteiger partial charge is 0.387 e. The second kappa shape index (κ2) is 9.85. The molecule has 0 radical (unpaired) electrons. The Morgan fingerprint density at radius 3 is 2.53 bits per heavy atom. The number of tetrazole rings is 1. The Labute approximate surface area is 186 Å².